The highest BCUT2D eigenvalue weighted by atomic mass is 16.4. The Hall–Kier alpha value is -3.06. The number of carboxylic acid groups (broad SMARTS) is 2. The Labute approximate surface area is 115 Å². The van der Waals surface area contributed by atoms with Crippen LogP contribution in [0, 0.1) is 12.3 Å². The summed E-state index contributed by atoms with van der Waals surface area (Å²) in [5, 5.41) is 17.4. The summed E-state index contributed by atoms with van der Waals surface area (Å²) in [5.74, 6) is -0.405. The van der Waals surface area contributed by atoms with Crippen LogP contribution >= 0.6 is 0 Å². The van der Waals surface area contributed by atoms with E-state index in [2.05, 4.69) is 30.2 Å². The SMILES string of the molecule is C#Cc1c(C(=O)O)cccc1C(=O)O.c1cc2ccc1-2. The Kier molecular flexibility index (Phi) is 3.54. The highest BCUT2D eigenvalue weighted by Gasteiger charge is 2.15. The standard InChI is InChI=1S/C10H6O4.C6H4/c1-2-6-7(9(11)12)4-3-5-8(6)10(13)14;1-2-6-4-3-5(1)6/h1,3-5H,(H,11,12)(H,13,14);1-4H. The lowest BCUT2D eigenvalue weighted by atomic mass is 9.95. The molecule has 1 aromatic rings. The Morgan fingerprint density at radius 3 is 1.45 bits per heavy atom. The third-order valence-electron chi connectivity index (χ3n) is 2.89. The molecule has 2 N–H and O–H groups in total. The first-order valence-corrected chi connectivity index (χ1v) is 5.71. The summed E-state index contributed by atoms with van der Waals surface area (Å²) in [5.41, 5.74) is 2.40. The molecule has 0 spiro atoms. The quantitative estimate of drug-likeness (QED) is 0.699. The van der Waals surface area contributed by atoms with Crippen molar-refractivity contribution in [2.45, 2.75) is 0 Å². The van der Waals surface area contributed by atoms with Gasteiger partial charge in [-0.15, -0.1) is 6.42 Å². The molecule has 0 amide bonds. The molecule has 1 aromatic carbocycles. The first kappa shape index (κ1) is 13.4. The minimum Gasteiger partial charge on any atom is -0.478 e. The Morgan fingerprint density at radius 1 is 0.850 bits per heavy atom. The van der Waals surface area contributed by atoms with E-state index >= 15 is 0 Å². The van der Waals surface area contributed by atoms with E-state index in [4.69, 9.17) is 16.6 Å². The van der Waals surface area contributed by atoms with Crippen LogP contribution < -0.4 is 0 Å². The van der Waals surface area contributed by atoms with Crippen molar-refractivity contribution in [2.75, 3.05) is 0 Å². The van der Waals surface area contributed by atoms with Crippen LogP contribution in [0.25, 0.3) is 11.1 Å². The van der Waals surface area contributed by atoms with Crippen LogP contribution in [0.15, 0.2) is 42.5 Å². The molecule has 20 heavy (non-hydrogen) atoms. The van der Waals surface area contributed by atoms with Gasteiger partial charge in [0.05, 0.1) is 16.7 Å². The van der Waals surface area contributed by atoms with E-state index in [1.54, 1.807) is 0 Å². The van der Waals surface area contributed by atoms with Crippen molar-refractivity contribution in [3.05, 3.63) is 59.2 Å². The zero-order valence-electron chi connectivity index (χ0n) is 10.3. The van der Waals surface area contributed by atoms with Crippen molar-refractivity contribution >= 4 is 11.9 Å². The van der Waals surface area contributed by atoms with Gasteiger partial charge in [0, 0.05) is 0 Å². The smallest absolute Gasteiger partial charge is 0.336 e. The molecular formula is C16H10O4. The number of fused-ring (bicyclic) bond motifs is 1. The monoisotopic (exact) mass is 266 g/mol. The van der Waals surface area contributed by atoms with Gasteiger partial charge in [-0.25, -0.2) is 9.59 Å². The number of carboxylic acids is 2. The first-order chi connectivity index (χ1) is 9.54. The zero-order chi connectivity index (χ0) is 14.7. The molecule has 0 atom stereocenters. The summed E-state index contributed by atoms with van der Waals surface area (Å²) in [6.07, 6.45) is 5.05. The van der Waals surface area contributed by atoms with Crippen LogP contribution in [-0.2, 0) is 0 Å². The lowest BCUT2D eigenvalue weighted by Crippen LogP contribution is -2.07. The highest BCUT2D eigenvalue weighted by Crippen LogP contribution is 2.29. The third-order valence-corrected chi connectivity index (χ3v) is 2.89. The van der Waals surface area contributed by atoms with E-state index in [9.17, 15) is 9.59 Å². The van der Waals surface area contributed by atoms with Crippen LogP contribution in [0.4, 0.5) is 0 Å². The number of terminal acetylenes is 1. The van der Waals surface area contributed by atoms with Crippen molar-refractivity contribution in [2.24, 2.45) is 0 Å². The molecule has 0 radical (unpaired) electrons. The van der Waals surface area contributed by atoms with Crippen molar-refractivity contribution in [1.82, 2.24) is 0 Å². The van der Waals surface area contributed by atoms with Gasteiger partial charge in [0.2, 0.25) is 0 Å². The summed E-state index contributed by atoms with van der Waals surface area (Å²) in [7, 11) is 0. The van der Waals surface area contributed by atoms with E-state index < -0.39 is 11.9 Å². The van der Waals surface area contributed by atoms with E-state index in [1.165, 1.54) is 29.3 Å². The predicted octanol–water partition coefficient (Wildman–Crippen LogP) is 2.73. The number of carbonyl (C=O) groups is 2. The van der Waals surface area contributed by atoms with Gasteiger partial charge in [-0.2, -0.15) is 0 Å². The van der Waals surface area contributed by atoms with Crippen molar-refractivity contribution in [1.29, 1.82) is 0 Å². The molecule has 0 unspecified atom stereocenters. The maximum absolute atomic E-state index is 10.7. The van der Waals surface area contributed by atoms with Crippen LogP contribution in [0.1, 0.15) is 26.3 Å². The second kappa shape index (κ2) is 5.29. The number of hydrogen-bond acceptors (Lipinski definition) is 2. The lowest BCUT2D eigenvalue weighted by Gasteiger charge is -2.10. The molecule has 0 bridgehead atoms. The molecule has 2 aliphatic carbocycles. The highest BCUT2D eigenvalue weighted by molar-refractivity contribution is 5.98. The molecule has 4 nitrogen and oxygen atoms in total. The predicted molar refractivity (Wildman–Crippen MR) is 73.7 cm³/mol. The number of aromatic carboxylic acids is 2. The normalized spacial score (nSPS) is 9.75. The van der Waals surface area contributed by atoms with E-state index in [0.717, 1.165) is 0 Å². The Morgan fingerprint density at radius 2 is 1.25 bits per heavy atom. The Balaban J connectivity index is 0.000000198. The summed E-state index contributed by atoms with van der Waals surface area (Å²) in [6, 6.07) is 12.4. The average molecular weight is 266 g/mol. The van der Waals surface area contributed by atoms with Crippen LogP contribution in [0.5, 0.6) is 0 Å². The molecule has 0 aliphatic heterocycles. The molecule has 0 saturated carbocycles. The Bertz CT molecular complexity index is 668. The van der Waals surface area contributed by atoms with Gasteiger partial charge in [0.1, 0.15) is 0 Å². The van der Waals surface area contributed by atoms with Crippen molar-refractivity contribution in [3.63, 3.8) is 0 Å². The molecule has 0 aromatic heterocycles. The van der Waals surface area contributed by atoms with Crippen LogP contribution in [0.3, 0.4) is 0 Å². The summed E-state index contributed by atoms with van der Waals surface area (Å²) < 4.78 is 0. The first-order valence-electron chi connectivity index (χ1n) is 5.71. The zero-order valence-corrected chi connectivity index (χ0v) is 10.3. The molecular weight excluding hydrogens is 256 g/mol. The largest absolute Gasteiger partial charge is 0.478 e. The van der Waals surface area contributed by atoms with Gasteiger partial charge in [-0.05, 0) is 23.3 Å². The second-order valence-electron chi connectivity index (χ2n) is 4.06. The van der Waals surface area contributed by atoms with Crippen molar-refractivity contribution in [3.8, 4) is 23.5 Å². The molecule has 2 aliphatic rings. The van der Waals surface area contributed by atoms with Gasteiger partial charge in [-0.1, -0.05) is 36.3 Å². The second-order valence-corrected chi connectivity index (χ2v) is 4.06. The van der Waals surface area contributed by atoms with Gasteiger partial charge >= 0.3 is 11.9 Å². The maximum atomic E-state index is 10.7. The fourth-order valence-electron chi connectivity index (χ4n) is 1.73. The van der Waals surface area contributed by atoms with Gasteiger partial charge < -0.3 is 10.2 Å². The van der Waals surface area contributed by atoms with E-state index in [-0.39, 0.29) is 16.7 Å². The molecule has 98 valence electrons. The number of benzene rings is 2. The maximum Gasteiger partial charge on any atom is 0.336 e. The van der Waals surface area contributed by atoms with Crippen LogP contribution in [-0.4, -0.2) is 22.2 Å². The van der Waals surface area contributed by atoms with Crippen molar-refractivity contribution < 1.29 is 19.8 Å². The lowest BCUT2D eigenvalue weighted by molar-refractivity contribution is 0.0696. The van der Waals surface area contributed by atoms with E-state index in [1.807, 2.05) is 0 Å². The molecule has 4 heteroatoms. The molecule has 0 heterocycles. The topological polar surface area (TPSA) is 74.6 Å². The van der Waals surface area contributed by atoms with E-state index in [0.29, 0.717) is 0 Å². The fourth-order valence-corrected chi connectivity index (χ4v) is 1.73. The van der Waals surface area contributed by atoms with Gasteiger partial charge in [0.25, 0.3) is 0 Å². The molecule has 3 rings (SSSR count). The van der Waals surface area contributed by atoms with Gasteiger partial charge in [0.15, 0.2) is 0 Å². The number of rotatable bonds is 2. The minimum atomic E-state index is -1.24. The summed E-state index contributed by atoms with van der Waals surface area (Å²) >= 11 is 0. The summed E-state index contributed by atoms with van der Waals surface area (Å²) in [4.78, 5) is 21.3. The minimum absolute atomic E-state index is 0.104. The number of hydrogen-bond donors (Lipinski definition) is 2. The van der Waals surface area contributed by atoms with Crippen LogP contribution in [0.2, 0.25) is 0 Å². The average Bonchev–Trinajstić information content (AvgIpc) is 2.42. The van der Waals surface area contributed by atoms with Gasteiger partial charge in [-0.3, -0.25) is 0 Å². The fraction of sp³-hybridized carbons (Fsp3) is 0. The molecule has 0 saturated heterocycles. The summed E-state index contributed by atoms with van der Waals surface area (Å²) in [6.45, 7) is 0. The molecule has 0 fully saturated rings. The third kappa shape index (κ3) is 2.38.